The maximum absolute atomic E-state index is 10.1. The third kappa shape index (κ3) is 2.72. The van der Waals surface area contributed by atoms with E-state index in [-0.39, 0.29) is 6.04 Å². The molecular formula is C17H21NO2. The zero-order valence-corrected chi connectivity index (χ0v) is 12.4. The van der Waals surface area contributed by atoms with Crippen molar-refractivity contribution in [2.24, 2.45) is 0 Å². The topological polar surface area (TPSA) is 32.7 Å². The van der Waals surface area contributed by atoms with Gasteiger partial charge < -0.3 is 14.7 Å². The minimum Gasteiger partial charge on any atom is -0.508 e. The lowest BCUT2D eigenvalue weighted by Crippen LogP contribution is -2.22. The quantitative estimate of drug-likeness (QED) is 0.915. The number of rotatable bonds is 4. The van der Waals surface area contributed by atoms with E-state index in [4.69, 9.17) is 4.74 Å². The van der Waals surface area contributed by atoms with Gasteiger partial charge in [-0.15, -0.1) is 0 Å². The molecule has 0 saturated carbocycles. The Labute approximate surface area is 120 Å². The van der Waals surface area contributed by atoms with Crippen LogP contribution in [-0.2, 0) is 0 Å². The van der Waals surface area contributed by atoms with Gasteiger partial charge in [-0.25, -0.2) is 0 Å². The van der Waals surface area contributed by atoms with Gasteiger partial charge in [0.1, 0.15) is 11.5 Å². The Kier molecular flexibility index (Phi) is 4.18. The molecule has 2 rings (SSSR count). The van der Waals surface area contributed by atoms with Gasteiger partial charge in [0.25, 0.3) is 0 Å². The van der Waals surface area contributed by atoms with E-state index >= 15 is 0 Å². The number of anilines is 1. The number of para-hydroxylation sites is 2. The third-order valence-electron chi connectivity index (χ3n) is 3.68. The molecule has 1 atom stereocenters. The molecule has 20 heavy (non-hydrogen) atoms. The van der Waals surface area contributed by atoms with Crippen molar-refractivity contribution in [3.63, 3.8) is 0 Å². The van der Waals surface area contributed by atoms with Crippen LogP contribution in [0.25, 0.3) is 0 Å². The van der Waals surface area contributed by atoms with Crippen LogP contribution in [0.15, 0.2) is 42.5 Å². The molecule has 0 bridgehead atoms. The highest BCUT2D eigenvalue weighted by molar-refractivity contribution is 5.59. The number of aryl methyl sites for hydroxylation is 1. The number of benzene rings is 2. The minimum absolute atomic E-state index is 0.0481. The van der Waals surface area contributed by atoms with Crippen LogP contribution >= 0.6 is 0 Å². The van der Waals surface area contributed by atoms with Gasteiger partial charge in [-0.3, -0.25) is 0 Å². The molecule has 0 heterocycles. The number of ether oxygens (including phenoxy) is 1. The normalized spacial score (nSPS) is 12.0. The first-order chi connectivity index (χ1) is 9.54. The summed E-state index contributed by atoms with van der Waals surface area (Å²) in [6.07, 6.45) is 0. The van der Waals surface area contributed by atoms with Gasteiger partial charge in [0.2, 0.25) is 0 Å². The van der Waals surface area contributed by atoms with Crippen LogP contribution in [-0.4, -0.2) is 19.3 Å². The molecule has 3 nitrogen and oxygen atoms in total. The van der Waals surface area contributed by atoms with Crippen LogP contribution < -0.4 is 9.64 Å². The smallest absolute Gasteiger partial charge is 0.142 e. The highest BCUT2D eigenvalue weighted by Crippen LogP contribution is 2.35. The number of aromatic hydroxyl groups is 1. The second-order valence-electron chi connectivity index (χ2n) is 5.02. The van der Waals surface area contributed by atoms with Gasteiger partial charge in [0, 0.05) is 12.6 Å². The molecule has 106 valence electrons. The molecule has 1 unspecified atom stereocenters. The van der Waals surface area contributed by atoms with Gasteiger partial charge >= 0.3 is 0 Å². The Morgan fingerprint density at radius 1 is 1.15 bits per heavy atom. The lowest BCUT2D eigenvalue weighted by molar-refractivity contribution is 0.413. The number of hydrogen-bond acceptors (Lipinski definition) is 3. The molecule has 0 radical (unpaired) electrons. The highest BCUT2D eigenvalue weighted by Gasteiger charge is 2.18. The van der Waals surface area contributed by atoms with E-state index in [0.29, 0.717) is 5.75 Å². The summed E-state index contributed by atoms with van der Waals surface area (Å²) in [5, 5.41) is 10.1. The van der Waals surface area contributed by atoms with Crippen molar-refractivity contribution < 1.29 is 9.84 Å². The fourth-order valence-electron chi connectivity index (χ4n) is 2.35. The van der Waals surface area contributed by atoms with Crippen molar-refractivity contribution >= 4 is 5.69 Å². The molecule has 0 aliphatic rings. The van der Waals surface area contributed by atoms with E-state index in [2.05, 4.69) is 11.8 Å². The monoisotopic (exact) mass is 271 g/mol. The zero-order chi connectivity index (χ0) is 14.7. The molecule has 0 aliphatic carbocycles. The molecule has 2 aromatic rings. The first kappa shape index (κ1) is 14.3. The van der Waals surface area contributed by atoms with E-state index in [9.17, 15) is 5.11 Å². The summed E-state index contributed by atoms with van der Waals surface area (Å²) in [5.41, 5.74) is 2.96. The summed E-state index contributed by atoms with van der Waals surface area (Å²) in [7, 11) is 3.67. The average Bonchev–Trinajstić information content (AvgIpc) is 2.45. The highest BCUT2D eigenvalue weighted by atomic mass is 16.5. The molecule has 0 aromatic heterocycles. The molecule has 0 saturated heterocycles. The summed E-state index contributed by atoms with van der Waals surface area (Å²) in [6, 6.07) is 13.7. The summed E-state index contributed by atoms with van der Waals surface area (Å²) in [6.45, 7) is 4.04. The fraction of sp³-hybridized carbons (Fsp3) is 0.294. The Morgan fingerprint density at radius 3 is 2.50 bits per heavy atom. The Hall–Kier alpha value is -2.16. The standard InChI is InChI=1S/C17H21NO2/c1-12-9-10-14(16(19)11-12)13(2)18(3)15-7-5-6-8-17(15)20-4/h5-11,13,19H,1-4H3. The van der Waals surface area contributed by atoms with Crippen molar-refractivity contribution in [2.45, 2.75) is 19.9 Å². The number of phenolic OH excluding ortho intramolecular Hbond substituents is 1. The van der Waals surface area contributed by atoms with Crippen molar-refractivity contribution in [2.75, 3.05) is 19.1 Å². The van der Waals surface area contributed by atoms with Crippen LogP contribution in [0.3, 0.4) is 0 Å². The first-order valence-electron chi connectivity index (χ1n) is 6.70. The SMILES string of the molecule is COc1ccccc1N(C)C(C)c1ccc(C)cc1O. The lowest BCUT2D eigenvalue weighted by atomic mass is 10.0. The van der Waals surface area contributed by atoms with Crippen LogP contribution in [0.1, 0.15) is 24.1 Å². The van der Waals surface area contributed by atoms with Crippen LogP contribution in [0.4, 0.5) is 5.69 Å². The molecule has 1 N–H and O–H groups in total. The largest absolute Gasteiger partial charge is 0.508 e. The minimum atomic E-state index is 0.0481. The molecule has 0 amide bonds. The molecular weight excluding hydrogens is 250 g/mol. The van der Waals surface area contributed by atoms with Gasteiger partial charge in [-0.05, 0) is 37.6 Å². The van der Waals surface area contributed by atoms with Gasteiger partial charge in [0.05, 0.1) is 18.8 Å². The number of phenols is 1. The van der Waals surface area contributed by atoms with Crippen molar-refractivity contribution in [3.05, 3.63) is 53.6 Å². The summed E-state index contributed by atoms with van der Waals surface area (Å²) < 4.78 is 5.40. The number of hydrogen-bond donors (Lipinski definition) is 1. The summed E-state index contributed by atoms with van der Waals surface area (Å²) >= 11 is 0. The average molecular weight is 271 g/mol. The van der Waals surface area contributed by atoms with E-state index in [1.807, 2.05) is 50.4 Å². The molecule has 3 heteroatoms. The maximum Gasteiger partial charge on any atom is 0.142 e. The lowest BCUT2D eigenvalue weighted by Gasteiger charge is -2.29. The molecule has 0 spiro atoms. The molecule has 0 fully saturated rings. The van der Waals surface area contributed by atoms with Crippen LogP contribution in [0.5, 0.6) is 11.5 Å². The predicted octanol–water partition coefficient (Wildman–Crippen LogP) is 3.91. The molecule has 0 aliphatic heterocycles. The Morgan fingerprint density at radius 2 is 1.85 bits per heavy atom. The fourth-order valence-corrected chi connectivity index (χ4v) is 2.35. The first-order valence-corrected chi connectivity index (χ1v) is 6.70. The van der Waals surface area contributed by atoms with E-state index in [1.165, 1.54) is 0 Å². The summed E-state index contributed by atoms with van der Waals surface area (Å²) in [5.74, 6) is 1.16. The Balaban J connectivity index is 2.34. The predicted molar refractivity (Wildman–Crippen MR) is 82.7 cm³/mol. The second-order valence-corrected chi connectivity index (χ2v) is 5.02. The second kappa shape index (κ2) is 5.87. The van der Waals surface area contributed by atoms with Gasteiger partial charge in [-0.2, -0.15) is 0 Å². The van der Waals surface area contributed by atoms with Gasteiger partial charge in [-0.1, -0.05) is 24.3 Å². The van der Waals surface area contributed by atoms with E-state index in [0.717, 1.165) is 22.6 Å². The third-order valence-corrected chi connectivity index (χ3v) is 3.68. The Bertz CT molecular complexity index is 595. The number of methoxy groups -OCH3 is 1. The maximum atomic E-state index is 10.1. The van der Waals surface area contributed by atoms with Crippen molar-refractivity contribution in [1.29, 1.82) is 0 Å². The van der Waals surface area contributed by atoms with E-state index in [1.54, 1.807) is 13.2 Å². The van der Waals surface area contributed by atoms with Crippen LogP contribution in [0, 0.1) is 6.92 Å². The van der Waals surface area contributed by atoms with Crippen molar-refractivity contribution in [1.82, 2.24) is 0 Å². The number of nitrogens with zero attached hydrogens (tertiary/aromatic N) is 1. The molecule has 2 aromatic carbocycles. The van der Waals surface area contributed by atoms with E-state index < -0.39 is 0 Å². The zero-order valence-electron chi connectivity index (χ0n) is 12.4. The summed E-state index contributed by atoms with van der Waals surface area (Å²) in [4.78, 5) is 2.10. The van der Waals surface area contributed by atoms with Gasteiger partial charge in [0.15, 0.2) is 0 Å². The van der Waals surface area contributed by atoms with Crippen LogP contribution in [0.2, 0.25) is 0 Å². The van der Waals surface area contributed by atoms with Crippen molar-refractivity contribution in [3.8, 4) is 11.5 Å².